The Morgan fingerprint density at radius 2 is 1.92 bits per heavy atom. The molecule has 78 valence electrons. The molecule has 1 N–H and O–H groups in total. The molecular weight excluding hydrogens is 160 g/mol. The minimum Gasteiger partial charge on any atom is -0.373 e. The summed E-state index contributed by atoms with van der Waals surface area (Å²) in [7, 11) is 1.86. The number of nitrogens with zero attached hydrogens (tertiary/aromatic N) is 1. The van der Waals surface area contributed by atoms with Crippen LogP contribution in [0.5, 0.6) is 0 Å². The number of nitrogens with one attached hydrogen (secondary N) is 1. The van der Waals surface area contributed by atoms with E-state index in [4.69, 9.17) is 0 Å². The predicted molar refractivity (Wildman–Crippen MR) is 60.3 cm³/mol. The van der Waals surface area contributed by atoms with Gasteiger partial charge >= 0.3 is 0 Å². The molecule has 0 fully saturated rings. The molecule has 2 nitrogen and oxygen atoms in total. The highest BCUT2D eigenvalue weighted by Crippen LogP contribution is 2.26. The van der Waals surface area contributed by atoms with Gasteiger partial charge in [-0.25, -0.2) is 0 Å². The molecule has 13 heavy (non-hydrogen) atoms. The van der Waals surface area contributed by atoms with Crippen molar-refractivity contribution in [1.82, 2.24) is 5.32 Å². The first kappa shape index (κ1) is 12.5. The number of hydrogen-bond donors (Lipinski definition) is 1. The van der Waals surface area contributed by atoms with E-state index in [2.05, 4.69) is 44.9 Å². The van der Waals surface area contributed by atoms with Crippen LogP contribution in [0.25, 0.3) is 0 Å². The van der Waals surface area contributed by atoms with Gasteiger partial charge < -0.3 is 5.32 Å². The molecule has 0 aromatic carbocycles. The highest BCUT2D eigenvalue weighted by molar-refractivity contribution is 5.87. The van der Waals surface area contributed by atoms with Crippen molar-refractivity contribution in [2.24, 2.45) is 16.3 Å². The van der Waals surface area contributed by atoms with Gasteiger partial charge in [-0.3, -0.25) is 4.99 Å². The summed E-state index contributed by atoms with van der Waals surface area (Å²) in [4.78, 5) is 4.32. The van der Waals surface area contributed by atoms with Gasteiger partial charge in [0.2, 0.25) is 0 Å². The van der Waals surface area contributed by atoms with Crippen molar-refractivity contribution >= 4 is 5.84 Å². The molecule has 0 rings (SSSR count). The van der Waals surface area contributed by atoms with E-state index in [1.807, 2.05) is 7.05 Å². The Bertz CT molecular complexity index is 169. The molecule has 0 heterocycles. The van der Waals surface area contributed by atoms with Crippen molar-refractivity contribution in [3.8, 4) is 0 Å². The second-order valence-corrected chi connectivity index (χ2v) is 4.38. The second kappa shape index (κ2) is 5.25. The number of rotatable bonds is 4. The third-order valence-electron chi connectivity index (χ3n) is 2.82. The number of aliphatic imine (C=N–C) groups is 1. The Morgan fingerprint density at radius 3 is 2.23 bits per heavy atom. The van der Waals surface area contributed by atoms with Crippen LogP contribution in [0, 0.1) is 11.3 Å². The lowest BCUT2D eigenvalue weighted by atomic mass is 9.80. The molecule has 0 aliphatic heterocycles. The minimum atomic E-state index is 0.157. The zero-order chi connectivity index (χ0) is 10.5. The second-order valence-electron chi connectivity index (χ2n) is 4.38. The normalized spacial score (nSPS) is 13.6. The first-order chi connectivity index (χ1) is 5.96. The minimum absolute atomic E-state index is 0.157. The van der Waals surface area contributed by atoms with E-state index in [1.165, 1.54) is 0 Å². The molecule has 0 saturated heterocycles. The van der Waals surface area contributed by atoms with E-state index < -0.39 is 0 Å². The third kappa shape index (κ3) is 3.37. The fourth-order valence-corrected chi connectivity index (χ4v) is 1.11. The lowest BCUT2D eigenvalue weighted by Gasteiger charge is -2.31. The molecule has 0 bridgehead atoms. The topological polar surface area (TPSA) is 24.4 Å². The van der Waals surface area contributed by atoms with E-state index in [1.54, 1.807) is 0 Å². The monoisotopic (exact) mass is 184 g/mol. The van der Waals surface area contributed by atoms with E-state index in [0.717, 1.165) is 18.8 Å². The highest BCUT2D eigenvalue weighted by atomic mass is 15.0. The van der Waals surface area contributed by atoms with Crippen molar-refractivity contribution in [3.05, 3.63) is 0 Å². The molecule has 0 saturated carbocycles. The van der Waals surface area contributed by atoms with Gasteiger partial charge in [0.1, 0.15) is 5.84 Å². The molecule has 0 aromatic rings. The lowest BCUT2D eigenvalue weighted by Crippen LogP contribution is -2.40. The maximum Gasteiger partial charge on any atom is 0.102 e. The van der Waals surface area contributed by atoms with Crippen LogP contribution in [-0.4, -0.2) is 19.4 Å². The van der Waals surface area contributed by atoms with Crippen LogP contribution in [0.4, 0.5) is 0 Å². The fourth-order valence-electron chi connectivity index (χ4n) is 1.11. The summed E-state index contributed by atoms with van der Waals surface area (Å²) in [5.74, 6) is 1.74. The highest BCUT2D eigenvalue weighted by Gasteiger charge is 2.27. The molecule has 0 radical (unpaired) electrons. The summed E-state index contributed by atoms with van der Waals surface area (Å²) in [6, 6.07) is 0. The molecule has 2 heteroatoms. The average Bonchev–Trinajstić information content (AvgIpc) is 2.05. The van der Waals surface area contributed by atoms with Crippen LogP contribution in [-0.2, 0) is 0 Å². The summed E-state index contributed by atoms with van der Waals surface area (Å²) in [5, 5.41) is 3.39. The SMILES string of the molecule is CCCNC(=NC)C(C)(C)C(C)C. The molecular formula is C11H24N2. The van der Waals surface area contributed by atoms with Gasteiger partial charge in [0, 0.05) is 19.0 Å². The van der Waals surface area contributed by atoms with E-state index in [9.17, 15) is 0 Å². The van der Waals surface area contributed by atoms with E-state index in [0.29, 0.717) is 5.92 Å². The first-order valence-electron chi connectivity index (χ1n) is 5.17. The van der Waals surface area contributed by atoms with E-state index >= 15 is 0 Å². The predicted octanol–water partition coefficient (Wildman–Crippen LogP) is 2.70. The van der Waals surface area contributed by atoms with Crippen LogP contribution < -0.4 is 5.32 Å². The van der Waals surface area contributed by atoms with Gasteiger partial charge in [-0.2, -0.15) is 0 Å². The Morgan fingerprint density at radius 1 is 1.38 bits per heavy atom. The zero-order valence-electron chi connectivity index (χ0n) is 9.94. The van der Waals surface area contributed by atoms with Gasteiger partial charge in [-0.15, -0.1) is 0 Å². The van der Waals surface area contributed by atoms with Gasteiger partial charge in [0.15, 0.2) is 0 Å². The quantitative estimate of drug-likeness (QED) is 0.527. The summed E-state index contributed by atoms with van der Waals surface area (Å²) >= 11 is 0. The van der Waals surface area contributed by atoms with Crippen molar-refractivity contribution in [3.63, 3.8) is 0 Å². The van der Waals surface area contributed by atoms with Crippen LogP contribution in [0.2, 0.25) is 0 Å². The smallest absolute Gasteiger partial charge is 0.102 e. The molecule has 0 amide bonds. The summed E-state index contributed by atoms with van der Waals surface area (Å²) in [6.45, 7) is 12.1. The van der Waals surface area contributed by atoms with Crippen molar-refractivity contribution < 1.29 is 0 Å². The zero-order valence-corrected chi connectivity index (χ0v) is 9.94. The van der Waals surface area contributed by atoms with Crippen LogP contribution in [0.1, 0.15) is 41.0 Å². The standard InChI is InChI=1S/C11H24N2/c1-7-8-13-10(12-6)11(4,5)9(2)3/h9H,7-8H2,1-6H3,(H,12,13). The number of hydrogen-bond acceptors (Lipinski definition) is 1. The van der Waals surface area contributed by atoms with E-state index in [-0.39, 0.29) is 5.41 Å². The van der Waals surface area contributed by atoms with Gasteiger partial charge in [-0.1, -0.05) is 34.6 Å². The van der Waals surface area contributed by atoms with Crippen molar-refractivity contribution in [2.75, 3.05) is 13.6 Å². The van der Waals surface area contributed by atoms with Crippen molar-refractivity contribution in [2.45, 2.75) is 41.0 Å². The first-order valence-corrected chi connectivity index (χ1v) is 5.17. The fraction of sp³-hybridized carbons (Fsp3) is 0.909. The van der Waals surface area contributed by atoms with Crippen LogP contribution in [0.3, 0.4) is 0 Å². The van der Waals surface area contributed by atoms with Gasteiger partial charge in [0.25, 0.3) is 0 Å². The third-order valence-corrected chi connectivity index (χ3v) is 2.82. The summed E-state index contributed by atoms with van der Waals surface area (Å²) in [5.41, 5.74) is 0.157. The summed E-state index contributed by atoms with van der Waals surface area (Å²) < 4.78 is 0. The van der Waals surface area contributed by atoms with Crippen LogP contribution >= 0.6 is 0 Å². The maximum atomic E-state index is 4.32. The molecule has 0 aromatic heterocycles. The maximum absolute atomic E-state index is 4.32. The molecule has 0 unspecified atom stereocenters. The molecule has 0 atom stereocenters. The summed E-state index contributed by atoms with van der Waals surface area (Å²) in [6.07, 6.45) is 1.15. The van der Waals surface area contributed by atoms with Crippen LogP contribution in [0.15, 0.2) is 4.99 Å². The Hall–Kier alpha value is -0.530. The Labute approximate surface area is 82.8 Å². The lowest BCUT2D eigenvalue weighted by molar-refractivity contribution is 0.354. The molecule has 0 aliphatic rings. The van der Waals surface area contributed by atoms with Gasteiger partial charge in [-0.05, 0) is 12.3 Å². The Kier molecular flexibility index (Phi) is 5.04. The van der Waals surface area contributed by atoms with Crippen molar-refractivity contribution in [1.29, 1.82) is 0 Å². The Balaban J connectivity index is 4.40. The average molecular weight is 184 g/mol. The largest absolute Gasteiger partial charge is 0.373 e. The molecule has 0 spiro atoms. The number of amidine groups is 1. The molecule has 0 aliphatic carbocycles. The van der Waals surface area contributed by atoms with Gasteiger partial charge in [0.05, 0.1) is 0 Å².